The standard InChI is InChI=1S/C11H12ClNO3/c12-11(14)8(13)5-4-7-2-1-3-9-10(7)16-6-15-9/h1-3,8H,4-6,13H2. The fourth-order valence-corrected chi connectivity index (χ4v) is 1.72. The van der Waals surface area contributed by atoms with Gasteiger partial charge in [0.1, 0.15) is 0 Å². The van der Waals surface area contributed by atoms with Crippen molar-refractivity contribution in [3.05, 3.63) is 23.8 Å². The van der Waals surface area contributed by atoms with Gasteiger partial charge in [-0.3, -0.25) is 4.79 Å². The van der Waals surface area contributed by atoms with Gasteiger partial charge in [0.15, 0.2) is 11.5 Å². The maximum Gasteiger partial charge on any atom is 0.238 e. The minimum Gasteiger partial charge on any atom is -0.454 e. The Bertz CT molecular complexity index is 408. The SMILES string of the molecule is NC(CCc1cccc2c1OCO2)C(=O)Cl. The fourth-order valence-electron chi connectivity index (χ4n) is 1.61. The summed E-state index contributed by atoms with van der Waals surface area (Å²) in [6.45, 7) is 0.243. The first kappa shape index (κ1) is 11.2. The lowest BCUT2D eigenvalue weighted by Gasteiger charge is -2.08. The number of carbonyl (C=O) groups is 1. The third kappa shape index (κ3) is 2.28. The van der Waals surface area contributed by atoms with Crippen LogP contribution >= 0.6 is 11.6 Å². The Morgan fingerprint density at radius 2 is 2.31 bits per heavy atom. The summed E-state index contributed by atoms with van der Waals surface area (Å²) in [5, 5.41) is -0.509. The van der Waals surface area contributed by atoms with Crippen molar-refractivity contribution in [3.8, 4) is 11.5 Å². The van der Waals surface area contributed by atoms with Crippen LogP contribution in [0.5, 0.6) is 11.5 Å². The summed E-state index contributed by atoms with van der Waals surface area (Å²) in [6.07, 6.45) is 1.15. The number of para-hydroxylation sites is 1. The Morgan fingerprint density at radius 3 is 3.06 bits per heavy atom. The molecule has 1 aromatic rings. The molecule has 2 rings (SSSR count). The molecule has 0 amide bonds. The quantitative estimate of drug-likeness (QED) is 0.811. The van der Waals surface area contributed by atoms with Gasteiger partial charge in [-0.2, -0.15) is 0 Å². The van der Waals surface area contributed by atoms with Crippen molar-refractivity contribution in [3.63, 3.8) is 0 Å². The fraction of sp³-hybridized carbons (Fsp3) is 0.364. The van der Waals surface area contributed by atoms with Crippen LogP contribution in [0.4, 0.5) is 0 Å². The lowest BCUT2D eigenvalue weighted by molar-refractivity contribution is -0.112. The molecule has 1 aliphatic heterocycles. The normalized spacial score (nSPS) is 14.9. The van der Waals surface area contributed by atoms with Gasteiger partial charge in [0.2, 0.25) is 12.0 Å². The molecule has 4 nitrogen and oxygen atoms in total. The Labute approximate surface area is 98.3 Å². The molecule has 1 unspecified atom stereocenters. The predicted molar refractivity (Wildman–Crippen MR) is 59.7 cm³/mol. The summed E-state index contributed by atoms with van der Waals surface area (Å²) >= 11 is 5.29. The number of benzene rings is 1. The first-order valence-corrected chi connectivity index (χ1v) is 5.38. The summed E-state index contributed by atoms with van der Waals surface area (Å²) in [5.41, 5.74) is 6.55. The van der Waals surface area contributed by atoms with Gasteiger partial charge < -0.3 is 15.2 Å². The number of rotatable bonds is 4. The average Bonchev–Trinajstić information content (AvgIpc) is 2.73. The first-order valence-electron chi connectivity index (χ1n) is 5.01. The lowest BCUT2D eigenvalue weighted by atomic mass is 10.0. The number of aryl methyl sites for hydroxylation is 1. The van der Waals surface area contributed by atoms with E-state index in [1.807, 2.05) is 18.2 Å². The summed E-state index contributed by atoms with van der Waals surface area (Å²) in [4.78, 5) is 10.8. The number of fused-ring (bicyclic) bond motifs is 1. The smallest absolute Gasteiger partial charge is 0.238 e. The van der Waals surface area contributed by atoms with E-state index in [9.17, 15) is 4.79 Å². The predicted octanol–water partition coefficient (Wildman–Crippen LogP) is 1.44. The van der Waals surface area contributed by atoms with Crippen LogP contribution in [0.3, 0.4) is 0 Å². The van der Waals surface area contributed by atoms with E-state index in [1.54, 1.807) is 0 Å². The molecule has 0 aromatic heterocycles. The third-order valence-electron chi connectivity index (χ3n) is 2.49. The highest BCUT2D eigenvalue weighted by molar-refractivity contribution is 6.64. The zero-order chi connectivity index (χ0) is 11.5. The molecular weight excluding hydrogens is 230 g/mol. The van der Waals surface area contributed by atoms with Crippen LogP contribution < -0.4 is 15.2 Å². The Kier molecular flexibility index (Phi) is 3.31. The number of halogens is 1. The maximum absolute atomic E-state index is 10.8. The van der Waals surface area contributed by atoms with E-state index in [-0.39, 0.29) is 6.79 Å². The zero-order valence-electron chi connectivity index (χ0n) is 8.61. The largest absolute Gasteiger partial charge is 0.454 e. The minimum absolute atomic E-state index is 0.243. The van der Waals surface area contributed by atoms with Gasteiger partial charge in [0.05, 0.1) is 6.04 Å². The molecule has 0 saturated heterocycles. The Hall–Kier alpha value is -1.26. The van der Waals surface area contributed by atoms with Gasteiger partial charge in [-0.1, -0.05) is 12.1 Å². The van der Waals surface area contributed by atoms with Crippen LogP contribution in [0, 0.1) is 0 Å². The molecule has 1 aliphatic rings. The summed E-state index contributed by atoms with van der Waals surface area (Å²) in [6, 6.07) is 5.04. The molecule has 86 valence electrons. The van der Waals surface area contributed by atoms with Crippen molar-refractivity contribution < 1.29 is 14.3 Å². The molecule has 0 bridgehead atoms. The maximum atomic E-state index is 10.8. The van der Waals surface area contributed by atoms with Crippen LogP contribution in [-0.2, 0) is 11.2 Å². The van der Waals surface area contributed by atoms with E-state index in [0.717, 1.165) is 17.1 Å². The van der Waals surface area contributed by atoms with Crippen molar-refractivity contribution in [2.24, 2.45) is 5.73 Å². The van der Waals surface area contributed by atoms with E-state index in [1.165, 1.54) is 0 Å². The van der Waals surface area contributed by atoms with E-state index in [4.69, 9.17) is 26.8 Å². The van der Waals surface area contributed by atoms with Crippen molar-refractivity contribution >= 4 is 16.8 Å². The number of carbonyl (C=O) groups excluding carboxylic acids is 1. The van der Waals surface area contributed by atoms with Crippen LogP contribution in [0.15, 0.2) is 18.2 Å². The molecule has 0 aliphatic carbocycles. The molecule has 0 spiro atoms. The lowest BCUT2D eigenvalue weighted by Crippen LogP contribution is -2.27. The zero-order valence-corrected chi connectivity index (χ0v) is 9.37. The number of hydrogen-bond donors (Lipinski definition) is 1. The second-order valence-electron chi connectivity index (χ2n) is 3.60. The molecule has 2 N–H and O–H groups in total. The third-order valence-corrected chi connectivity index (χ3v) is 2.77. The van der Waals surface area contributed by atoms with Gasteiger partial charge in [-0.15, -0.1) is 0 Å². The van der Waals surface area contributed by atoms with E-state index in [2.05, 4.69) is 0 Å². The van der Waals surface area contributed by atoms with Crippen molar-refractivity contribution in [1.82, 2.24) is 0 Å². The van der Waals surface area contributed by atoms with Crippen molar-refractivity contribution in [2.75, 3.05) is 6.79 Å². The second-order valence-corrected chi connectivity index (χ2v) is 3.97. The van der Waals surface area contributed by atoms with E-state index < -0.39 is 11.3 Å². The summed E-state index contributed by atoms with van der Waals surface area (Å²) < 4.78 is 10.6. The average molecular weight is 242 g/mol. The molecule has 16 heavy (non-hydrogen) atoms. The van der Waals surface area contributed by atoms with E-state index in [0.29, 0.717) is 12.8 Å². The van der Waals surface area contributed by atoms with Crippen molar-refractivity contribution in [2.45, 2.75) is 18.9 Å². The van der Waals surface area contributed by atoms with Gasteiger partial charge in [0.25, 0.3) is 0 Å². The van der Waals surface area contributed by atoms with Crippen LogP contribution in [0.1, 0.15) is 12.0 Å². The highest BCUT2D eigenvalue weighted by Crippen LogP contribution is 2.35. The highest BCUT2D eigenvalue weighted by atomic mass is 35.5. The molecule has 1 aromatic carbocycles. The van der Waals surface area contributed by atoms with E-state index >= 15 is 0 Å². The number of nitrogens with two attached hydrogens (primary N) is 1. The van der Waals surface area contributed by atoms with Gasteiger partial charge in [-0.05, 0) is 36.1 Å². The number of hydrogen-bond acceptors (Lipinski definition) is 4. The molecule has 0 saturated carbocycles. The van der Waals surface area contributed by atoms with Gasteiger partial charge >= 0.3 is 0 Å². The van der Waals surface area contributed by atoms with Crippen LogP contribution in [0.25, 0.3) is 0 Å². The molecule has 0 radical (unpaired) electrons. The molecule has 1 heterocycles. The summed E-state index contributed by atoms with van der Waals surface area (Å²) in [5.74, 6) is 1.49. The van der Waals surface area contributed by atoms with Crippen LogP contribution in [-0.4, -0.2) is 18.1 Å². The number of ether oxygens (including phenoxy) is 2. The molecule has 0 fully saturated rings. The van der Waals surface area contributed by atoms with Gasteiger partial charge in [-0.25, -0.2) is 0 Å². The summed E-state index contributed by atoms with van der Waals surface area (Å²) in [7, 11) is 0. The molecular formula is C11H12ClNO3. The van der Waals surface area contributed by atoms with Gasteiger partial charge in [0, 0.05) is 0 Å². The monoisotopic (exact) mass is 241 g/mol. The van der Waals surface area contributed by atoms with Crippen molar-refractivity contribution in [1.29, 1.82) is 0 Å². The Balaban J connectivity index is 2.05. The highest BCUT2D eigenvalue weighted by Gasteiger charge is 2.18. The molecule has 1 atom stereocenters. The second kappa shape index (κ2) is 4.72. The minimum atomic E-state index is -0.625. The Morgan fingerprint density at radius 1 is 1.50 bits per heavy atom. The van der Waals surface area contributed by atoms with Crippen LogP contribution in [0.2, 0.25) is 0 Å². The molecule has 5 heteroatoms. The first-order chi connectivity index (χ1) is 7.68. The topological polar surface area (TPSA) is 61.6 Å².